The lowest BCUT2D eigenvalue weighted by atomic mass is 9.94. The molecule has 1 N–H and O–H groups in total. The Bertz CT molecular complexity index is 535. The number of aryl methyl sites for hydroxylation is 1. The lowest BCUT2D eigenvalue weighted by Crippen LogP contribution is -2.60. The minimum atomic E-state index is -0.338. The molecule has 1 saturated heterocycles. The Kier molecular flexibility index (Phi) is 3.35. The lowest BCUT2D eigenvalue weighted by Gasteiger charge is -2.48. The summed E-state index contributed by atoms with van der Waals surface area (Å²) in [6.45, 7) is 5.25. The quantitative estimate of drug-likeness (QED) is 0.840. The average Bonchev–Trinajstić information content (AvgIpc) is 2.97. The van der Waals surface area contributed by atoms with E-state index in [0.29, 0.717) is 13.1 Å². The molecule has 1 aliphatic carbocycles. The van der Waals surface area contributed by atoms with E-state index in [4.69, 9.17) is 4.74 Å². The number of nitrogens with zero attached hydrogens (tertiary/aromatic N) is 5. The van der Waals surface area contributed by atoms with Crippen LogP contribution in [0.25, 0.3) is 0 Å². The fourth-order valence-electron chi connectivity index (χ4n) is 3.45. The third-order valence-electron chi connectivity index (χ3n) is 4.07. The van der Waals surface area contributed by atoms with Crippen molar-refractivity contribution in [2.45, 2.75) is 50.7 Å². The Morgan fingerprint density at radius 1 is 1.29 bits per heavy atom. The van der Waals surface area contributed by atoms with Gasteiger partial charge in [-0.2, -0.15) is 4.80 Å². The van der Waals surface area contributed by atoms with Gasteiger partial charge in [-0.15, -0.1) is 5.10 Å². The van der Waals surface area contributed by atoms with E-state index < -0.39 is 0 Å². The maximum absolute atomic E-state index is 12.4. The zero-order chi connectivity index (χ0) is 15.1. The van der Waals surface area contributed by atoms with Crippen LogP contribution < -0.4 is 5.32 Å². The minimum Gasteiger partial charge on any atom is -0.365 e. The van der Waals surface area contributed by atoms with E-state index in [9.17, 15) is 4.79 Å². The van der Waals surface area contributed by atoms with E-state index in [0.717, 1.165) is 25.7 Å². The summed E-state index contributed by atoms with van der Waals surface area (Å²) in [5, 5.41) is 14.2. The largest absolute Gasteiger partial charge is 0.365 e. The van der Waals surface area contributed by atoms with Crippen LogP contribution in [0.15, 0.2) is 0 Å². The van der Waals surface area contributed by atoms with Crippen LogP contribution in [0.3, 0.4) is 0 Å². The van der Waals surface area contributed by atoms with Crippen LogP contribution in [0.5, 0.6) is 0 Å². The van der Waals surface area contributed by atoms with Crippen molar-refractivity contribution in [2.75, 3.05) is 18.4 Å². The van der Waals surface area contributed by atoms with Gasteiger partial charge in [-0.1, -0.05) is 17.9 Å². The SMILES string of the molecule is Cn1nnc(NC(=O)N2CC(C)(C)OC3(CCCC3)C2)n1. The van der Waals surface area contributed by atoms with Crippen LogP contribution in [-0.2, 0) is 11.8 Å². The maximum atomic E-state index is 12.4. The van der Waals surface area contributed by atoms with E-state index in [-0.39, 0.29) is 23.2 Å². The van der Waals surface area contributed by atoms with Crippen molar-refractivity contribution in [1.82, 2.24) is 25.1 Å². The number of tetrazole rings is 1. The third-order valence-corrected chi connectivity index (χ3v) is 4.07. The summed E-state index contributed by atoms with van der Waals surface area (Å²) in [5.41, 5.74) is -0.523. The van der Waals surface area contributed by atoms with E-state index >= 15 is 0 Å². The van der Waals surface area contributed by atoms with Crippen LogP contribution in [0.4, 0.5) is 10.7 Å². The molecule has 1 spiro atoms. The summed E-state index contributed by atoms with van der Waals surface area (Å²) in [5.74, 6) is 0.229. The van der Waals surface area contributed by atoms with Crippen LogP contribution in [0.1, 0.15) is 39.5 Å². The summed E-state index contributed by atoms with van der Waals surface area (Å²) >= 11 is 0. The summed E-state index contributed by atoms with van der Waals surface area (Å²) in [7, 11) is 1.66. The highest BCUT2D eigenvalue weighted by Crippen LogP contribution is 2.40. The summed E-state index contributed by atoms with van der Waals surface area (Å²) in [4.78, 5) is 15.6. The first kappa shape index (κ1) is 14.2. The van der Waals surface area contributed by atoms with Gasteiger partial charge in [0, 0.05) is 0 Å². The van der Waals surface area contributed by atoms with Gasteiger partial charge in [0.2, 0.25) is 0 Å². The molecule has 0 atom stereocenters. The van der Waals surface area contributed by atoms with Gasteiger partial charge in [0.25, 0.3) is 5.95 Å². The van der Waals surface area contributed by atoms with Crippen molar-refractivity contribution in [3.05, 3.63) is 0 Å². The molecule has 0 aromatic carbocycles. The highest BCUT2D eigenvalue weighted by Gasteiger charge is 2.47. The summed E-state index contributed by atoms with van der Waals surface area (Å²) < 4.78 is 6.29. The fourth-order valence-corrected chi connectivity index (χ4v) is 3.45. The molecule has 0 bridgehead atoms. The van der Waals surface area contributed by atoms with Crippen molar-refractivity contribution in [1.29, 1.82) is 0 Å². The zero-order valence-corrected chi connectivity index (χ0v) is 12.8. The maximum Gasteiger partial charge on any atom is 0.324 e. The Balaban J connectivity index is 1.72. The number of rotatable bonds is 1. The Labute approximate surface area is 123 Å². The van der Waals surface area contributed by atoms with Gasteiger partial charge in [0.05, 0.1) is 31.3 Å². The highest BCUT2D eigenvalue weighted by molar-refractivity contribution is 5.87. The molecule has 1 aromatic heterocycles. The smallest absolute Gasteiger partial charge is 0.324 e. The molecule has 3 rings (SSSR count). The first-order valence-electron chi connectivity index (χ1n) is 7.38. The lowest BCUT2D eigenvalue weighted by molar-refractivity contribution is -0.183. The van der Waals surface area contributed by atoms with Crippen LogP contribution in [0, 0.1) is 0 Å². The first-order chi connectivity index (χ1) is 9.88. The Morgan fingerprint density at radius 2 is 2.00 bits per heavy atom. The van der Waals surface area contributed by atoms with Crippen molar-refractivity contribution < 1.29 is 9.53 Å². The molecule has 8 nitrogen and oxygen atoms in total. The van der Waals surface area contributed by atoms with Gasteiger partial charge in [-0.05, 0) is 31.9 Å². The van der Waals surface area contributed by atoms with E-state index in [1.54, 1.807) is 7.05 Å². The number of nitrogens with one attached hydrogen (secondary N) is 1. The zero-order valence-electron chi connectivity index (χ0n) is 12.8. The van der Waals surface area contributed by atoms with Gasteiger partial charge in [-0.25, -0.2) is 4.79 Å². The fraction of sp³-hybridized carbons (Fsp3) is 0.846. The molecule has 1 saturated carbocycles. The molecule has 0 radical (unpaired) electrons. The van der Waals surface area contributed by atoms with E-state index in [1.165, 1.54) is 4.80 Å². The standard InChI is InChI=1S/C13H22N6O2/c1-12(2)8-19(9-13(21-12)6-4-5-7-13)11(20)14-10-15-17-18(3)16-10/h4-9H2,1-3H3,(H,14,16,20). The Hall–Kier alpha value is -1.70. The van der Waals surface area contributed by atoms with Gasteiger partial charge in [0.15, 0.2) is 0 Å². The minimum absolute atomic E-state index is 0.186. The predicted molar refractivity (Wildman–Crippen MR) is 75.8 cm³/mol. The normalized spacial score (nSPS) is 23.5. The number of anilines is 1. The Morgan fingerprint density at radius 3 is 2.62 bits per heavy atom. The van der Waals surface area contributed by atoms with Gasteiger partial charge >= 0.3 is 6.03 Å². The van der Waals surface area contributed by atoms with Crippen molar-refractivity contribution in [3.8, 4) is 0 Å². The number of carbonyl (C=O) groups excluding carboxylic acids is 1. The first-order valence-corrected chi connectivity index (χ1v) is 7.38. The molecule has 2 aliphatic rings. The van der Waals surface area contributed by atoms with E-state index in [2.05, 4.69) is 20.7 Å². The van der Waals surface area contributed by atoms with E-state index in [1.807, 2.05) is 18.7 Å². The van der Waals surface area contributed by atoms with Crippen LogP contribution in [0.2, 0.25) is 0 Å². The van der Waals surface area contributed by atoms with Crippen molar-refractivity contribution in [3.63, 3.8) is 0 Å². The summed E-state index contributed by atoms with van der Waals surface area (Å²) in [6, 6.07) is -0.189. The third kappa shape index (κ3) is 2.99. The number of carbonyl (C=O) groups is 1. The highest BCUT2D eigenvalue weighted by atomic mass is 16.5. The monoisotopic (exact) mass is 294 g/mol. The van der Waals surface area contributed by atoms with Gasteiger partial charge in [0.1, 0.15) is 0 Å². The predicted octanol–water partition coefficient (Wildman–Crippen LogP) is 1.17. The number of ether oxygens (including phenoxy) is 1. The van der Waals surface area contributed by atoms with Gasteiger partial charge in [-0.3, -0.25) is 5.32 Å². The average molecular weight is 294 g/mol. The topological polar surface area (TPSA) is 85.2 Å². The molecule has 0 unspecified atom stereocenters. The molecule has 1 aromatic rings. The summed E-state index contributed by atoms with van der Waals surface area (Å²) in [6.07, 6.45) is 4.36. The molecule has 21 heavy (non-hydrogen) atoms. The van der Waals surface area contributed by atoms with Crippen molar-refractivity contribution >= 4 is 12.0 Å². The number of urea groups is 1. The molecule has 1 aliphatic heterocycles. The number of morpholine rings is 1. The number of hydrogen-bond donors (Lipinski definition) is 1. The second-order valence-electron chi connectivity index (χ2n) is 6.64. The molecule has 2 amide bonds. The molecule has 116 valence electrons. The number of amides is 2. The van der Waals surface area contributed by atoms with Gasteiger partial charge < -0.3 is 9.64 Å². The van der Waals surface area contributed by atoms with Crippen molar-refractivity contribution in [2.24, 2.45) is 7.05 Å². The molecule has 2 heterocycles. The number of aromatic nitrogens is 4. The second-order valence-corrected chi connectivity index (χ2v) is 6.64. The molecular formula is C13H22N6O2. The molecule has 2 fully saturated rings. The van der Waals surface area contributed by atoms with Crippen LogP contribution >= 0.6 is 0 Å². The molecule has 8 heteroatoms. The second kappa shape index (κ2) is 4.94. The van der Waals surface area contributed by atoms with Crippen LogP contribution in [-0.4, -0.2) is 55.4 Å². The molecular weight excluding hydrogens is 272 g/mol. The number of hydrogen-bond acceptors (Lipinski definition) is 5.